The normalized spacial score (nSPS) is 12.6. The third-order valence-electron chi connectivity index (χ3n) is 12.6. The van der Waals surface area contributed by atoms with Crippen LogP contribution in [0.2, 0.25) is 0 Å². The molecular weight excluding hydrogens is 781 g/mol. The van der Waals surface area contributed by atoms with Crippen molar-refractivity contribution < 1.29 is 9.30 Å². The summed E-state index contributed by atoms with van der Waals surface area (Å²) in [6.45, 7) is 25.1. The fourth-order valence-electron chi connectivity index (χ4n) is 9.19. The zero-order chi connectivity index (χ0) is 45.2. The Morgan fingerprint density at radius 2 is 1.16 bits per heavy atom. The van der Waals surface area contributed by atoms with E-state index in [4.69, 9.17) is 9.72 Å². The molecular formula is C59H60N4O. The number of aromatic nitrogens is 4. The van der Waals surface area contributed by atoms with Crippen LogP contribution in [0.1, 0.15) is 104 Å². The van der Waals surface area contributed by atoms with E-state index in [-0.39, 0.29) is 21.7 Å². The van der Waals surface area contributed by atoms with Gasteiger partial charge in [-0.05, 0) is 105 Å². The molecule has 0 fully saturated rings. The minimum absolute atomic E-state index is 0.0549. The van der Waals surface area contributed by atoms with Crippen LogP contribution in [0.15, 0.2) is 164 Å². The molecule has 0 saturated heterocycles. The van der Waals surface area contributed by atoms with Crippen LogP contribution in [0.3, 0.4) is 0 Å². The molecule has 0 unspecified atom stereocenters. The monoisotopic (exact) mass is 840 g/mol. The van der Waals surface area contributed by atoms with Gasteiger partial charge in [0.25, 0.3) is 6.33 Å². The Kier molecular flexibility index (Phi) is 10.5. The van der Waals surface area contributed by atoms with Gasteiger partial charge in [0, 0.05) is 28.5 Å². The molecule has 5 nitrogen and oxygen atoms in total. The molecule has 0 aliphatic heterocycles. The molecule has 9 aromatic rings. The van der Waals surface area contributed by atoms with Crippen molar-refractivity contribution >= 4 is 21.8 Å². The van der Waals surface area contributed by atoms with Crippen molar-refractivity contribution in [2.45, 2.75) is 97.8 Å². The maximum Gasteiger partial charge on any atom is 0.269 e. The number of rotatable bonds is 8. The average molecular weight is 841 g/mol. The molecule has 0 saturated carbocycles. The molecule has 0 bridgehead atoms. The number of para-hydroxylation sites is 1. The van der Waals surface area contributed by atoms with Gasteiger partial charge >= 0.3 is 0 Å². The number of hydrogen-bond acceptors (Lipinski definition) is 2. The van der Waals surface area contributed by atoms with E-state index >= 15 is 0 Å². The number of hydrogen-bond donors (Lipinski definition) is 0. The molecule has 3 aromatic heterocycles. The topological polar surface area (TPSA) is 35.9 Å². The summed E-state index contributed by atoms with van der Waals surface area (Å²) in [5.41, 5.74) is 12.0. The van der Waals surface area contributed by atoms with Crippen LogP contribution >= 0.6 is 0 Å². The maximum atomic E-state index is 7.03. The first-order valence-electron chi connectivity index (χ1n) is 22.5. The van der Waals surface area contributed by atoms with Crippen LogP contribution in [-0.4, -0.2) is 14.1 Å². The summed E-state index contributed by atoms with van der Waals surface area (Å²) in [6.07, 6.45) is 5.82. The molecule has 3 heterocycles. The van der Waals surface area contributed by atoms with E-state index in [1.807, 2.05) is 6.20 Å². The van der Waals surface area contributed by atoms with Crippen molar-refractivity contribution in [1.82, 2.24) is 14.1 Å². The molecule has 64 heavy (non-hydrogen) atoms. The van der Waals surface area contributed by atoms with Crippen LogP contribution in [0.25, 0.3) is 50.1 Å². The maximum absolute atomic E-state index is 7.03. The quantitative estimate of drug-likeness (QED) is 0.113. The molecule has 0 atom stereocenters. The van der Waals surface area contributed by atoms with Gasteiger partial charge in [-0.25, -0.2) is 4.98 Å². The van der Waals surface area contributed by atoms with Crippen molar-refractivity contribution in [3.8, 4) is 39.8 Å². The zero-order valence-electron chi connectivity index (χ0n) is 39.3. The van der Waals surface area contributed by atoms with Gasteiger partial charge in [0.15, 0.2) is 0 Å². The second kappa shape index (κ2) is 15.8. The van der Waals surface area contributed by atoms with E-state index < -0.39 is 0 Å². The summed E-state index contributed by atoms with van der Waals surface area (Å²) in [6, 6.07) is 56.2. The Bertz CT molecular complexity index is 3130. The van der Waals surface area contributed by atoms with Gasteiger partial charge in [0.1, 0.15) is 17.3 Å². The second-order valence-corrected chi connectivity index (χ2v) is 20.9. The Balaban J connectivity index is 1.20. The number of imidazole rings is 1. The Morgan fingerprint density at radius 1 is 0.500 bits per heavy atom. The molecule has 6 aromatic carbocycles. The molecule has 0 aliphatic carbocycles. The van der Waals surface area contributed by atoms with Gasteiger partial charge in [0.2, 0.25) is 0 Å². The largest absolute Gasteiger partial charge is 0.458 e. The van der Waals surface area contributed by atoms with Crippen molar-refractivity contribution in [2.24, 2.45) is 0 Å². The molecule has 0 radical (unpaired) electrons. The summed E-state index contributed by atoms with van der Waals surface area (Å²) in [5.74, 6) is 2.35. The predicted octanol–water partition coefficient (Wildman–Crippen LogP) is 14.7. The van der Waals surface area contributed by atoms with Crippen molar-refractivity contribution in [1.29, 1.82) is 0 Å². The van der Waals surface area contributed by atoms with Crippen molar-refractivity contribution in [2.75, 3.05) is 0 Å². The summed E-state index contributed by atoms with van der Waals surface area (Å²) >= 11 is 0. The van der Waals surface area contributed by atoms with E-state index in [1.54, 1.807) is 0 Å². The Hall–Kier alpha value is -6.72. The zero-order valence-corrected chi connectivity index (χ0v) is 39.3. The second-order valence-electron chi connectivity index (χ2n) is 20.9. The van der Waals surface area contributed by atoms with Crippen LogP contribution in [-0.2, 0) is 21.7 Å². The highest BCUT2D eigenvalue weighted by molar-refractivity contribution is 6.09. The lowest BCUT2D eigenvalue weighted by Gasteiger charge is -2.30. The molecule has 0 N–H and O–H groups in total. The lowest BCUT2D eigenvalue weighted by atomic mass is 9.78. The van der Waals surface area contributed by atoms with Gasteiger partial charge < -0.3 is 4.74 Å². The van der Waals surface area contributed by atoms with Crippen LogP contribution in [0.5, 0.6) is 11.5 Å². The number of ether oxygens (including phenoxy) is 1. The van der Waals surface area contributed by atoms with Crippen molar-refractivity contribution in [3.63, 3.8) is 0 Å². The molecule has 0 spiro atoms. The fourth-order valence-corrected chi connectivity index (χ4v) is 9.19. The highest BCUT2D eigenvalue weighted by atomic mass is 16.5. The smallest absolute Gasteiger partial charge is 0.269 e. The molecule has 0 aliphatic rings. The molecule has 322 valence electrons. The third kappa shape index (κ3) is 7.93. The van der Waals surface area contributed by atoms with E-state index in [1.165, 1.54) is 33.5 Å². The highest BCUT2D eigenvalue weighted by Crippen LogP contribution is 2.40. The lowest BCUT2D eigenvalue weighted by molar-refractivity contribution is -0.611. The Morgan fingerprint density at radius 3 is 1.83 bits per heavy atom. The van der Waals surface area contributed by atoms with Gasteiger partial charge in [-0.1, -0.05) is 167 Å². The van der Waals surface area contributed by atoms with E-state index in [9.17, 15) is 0 Å². The molecule has 0 amide bonds. The Labute approximate surface area is 379 Å². The standard InChI is InChI=1S/C59H60N4O/c1-56(2,3)42-26-28-45(29-27-42)61-39-62(55(58(7,8)9)54(61)57(4,5)6)46-34-41(40-20-14-12-15-21-40)35-48(37-46)64-47-30-31-50-49-24-18-19-25-51(49)63(52(50)38-47)53-36-44(32-33-60-53)59(10,11)43-22-16-13-17-23-43/h12-38H,1-11H3. The lowest BCUT2D eigenvalue weighted by Crippen LogP contribution is -2.40. The number of fused-ring (bicyclic) bond motifs is 3. The van der Waals surface area contributed by atoms with Crippen LogP contribution in [0.4, 0.5) is 0 Å². The van der Waals surface area contributed by atoms with Crippen LogP contribution in [0, 0.1) is 6.33 Å². The summed E-state index contributed by atoms with van der Waals surface area (Å²) in [5, 5.41) is 2.31. The average Bonchev–Trinajstić information content (AvgIpc) is 3.85. The summed E-state index contributed by atoms with van der Waals surface area (Å²) < 4.78 is 13.9. The first kappa shape index (κ1) is 42.6. The van der Waals surface area contributed by atoms with Gasteiger partial charge in [0.05, 0.1) is 33.8 Å². The van der Waals surface area contributed by atoms with Gasteiger partial charge in [-0.2, -0.15) is 0 Å². The van der Waals surface area contributed by atoms with E-state index in [0.717, 1.165) is 56.2 Å². The number of benzene rings is 6. The van der Waals surface area contributed by atoms with Crippen molar-refractivity contribution in [3.05, 3.63) is 198 Å². The number of pyridine rings is 1. The fraction of sp³-hybridized carbons (Fsp3) is 0.254. The van der Waals surface area contributed by atoms with Crippen LogP contribution < -0.4 is 9.30 Å². The minimum atomic E-state index is -0.223. The predicted molar refractivity (Wildman–Crippen MR) is 265 cm³/mol. The molecule has 9 rings (SSSR count). The SMILES string of the molecule is CC(C)(C)c1ccc(-[n+]2[c-]n(-c3cc(Oc4ccc5c6ccccc6n(-c6cc(C(C)(C)c7ccccc7)ccn6)c5c4)cc(-c4ccccc4)c3)c(C(C)(C)C)c2C(C)(C)C)cc1. The first-order valence-corrected chi connectivity index (χ1v) is 22.5. The minimum Gasteiger partial charge on any atom is -0.458 e. The third-order valence-corrected chi connectivity index (χ3v) is 12.6. The summed E-state index contributed by atoms with van der Waals surface area (Å²) in [7, 11) is 0. The number of nitrogens with zero attached hydrogens (tertiary/aromatic N) is 4. The summed E-state index contributed by atoms with van der Waals surface area (Å²) in [4.78, 5) is 5.00. The van der Waals surface area contributed by atoms with Gasteiger partial charge in [-0.3, -0.25) is 13.7 Å². The first-order chi connectivity index (χ1) is 30.4. The molecule has 5 heteroatoms. The van der Waals surface area contributed by atoms with E-state index in [0.29, 0.717) is 0 Å². The van der Waals surface area contributed by atoms with Gasteiger partial charge in [-0.15, -0.1) is 0 Å². The van der Waals surface area contributed by atoms with E-state index in [2.05, 4.69) is 254 Å². The highest BCUT2D eigenvalue weighted by Gasteiger charge is 2.34.